The fourth-order valence-electron chi connectivity index (χ4n) is 1.35. The number of aromatic nitrogens is 1. The molecule has 0 amide bonds. The molecule has 0 spiro atoms. The van der Waals surface area contributed by atoms with E-state index in [-0.39, 0.29) is 5.56 Å². The van der Waals surface area contributed by atoms with Crippen LogP contribution in [0, 0.1) is 0 Å². The van der Waals surface area contributed by atoms with Gasteiger partial charge in [-0.05, 0) is 28.8 Å². The predicted octanol–water partition coefficient (Wildman–Crippen LogP) is 1.71. The Hall–Kier alpha value is -1.10. The largest absolute Gasteiger partial charge is 0.477 e. The van der Waals surface area contributed by atoms with E-state index < -0.39 is 11.4 Å². The lowest BCUT2D eigenvalue weighted by molar-refractivity contribution is 0.0695. The van der Waals surface area contributed by atoms with Crippen molar-refractivity contribution in [1.29, 1.82) is 0 Å². The van der Waals surface area contributed by atoms with Gasteiger partial charge in [0.15, 0.2) is 0 Å². The first kappa shape index (κ1) is 9.45. The highest BCUT2D eigenvalue weighted by molar-refractivity contribution is 9.10. The third-order valence-electron chi connectivity index (χ3n) is 2.27. The van der Waals surface area contributed by atoms with Crippen LogP contribution in [0.3, 0.4) is 0 Å². The summed E-state index contributed by atoms with van der Waals surface area (Å²) in [6, 6.07) is 0. The molecule has 0 unspecified atom stereocenters. The first-order valence-electron chi connectivity index (χ1n) is 4.25. The second-order valence-corrected chi connectivity index (χ2v) is 4.13. The molecule has 0 aromatic carbocycles. The van der Waals surface area contributed by atoms with E-state index in [1.54, 1.807) is 0 Å². The van der Waals surface area contributed by atoms with Crippen molar-refractivity contribution < 1.29 is 9.90 Å². The molecule has 0 saturated heterocycles. The van der Waals surface area contributed by atoms with Crippen molar-refractivity contribution in [3.63, 3.8) is 0 Å². The number of aromatic amines is 1. The molecule has 0 bridgehead atoms. The summed E-state index contributed by atoms with van der Waals surface area (Å²) >= 11 is 3.13. The third-order valence-corrected chi connectivity index (χ3v) is 3.06. The average Bonchev–Trinajstić information content (AvgIpc) is 2.92. The lowest BCUT2D eigenvalue weighted by atomic mass is 10.2. The fraction of sp³-hybridized carbons (Fsp3) is 0.333. The smallest absolute Gasteiger partial charge is 0.341 e. The molecule has 0 radical (unpaired) electrons. The zero-order valence-electron chi connectivity index (χ0n) is 7.21. The van der Waals surface area contributed by atoms with Crippen molar-refractivity contribution in [1.82, 2.24) is 4.98 Å². The summed E-state index contributed by atoms with van der Waals surface area (Å²) in [5, 5.41) is 8.69. The topological polar surface area (TPSA) is 70.2 Å². The van der Waals surface area contributed by atoms with Crippen molar-refractivity contribution in [3.05, 3.63) is 32.2 Å². The predicted molar refractivity (Wildman–Crippen MR) is 53.7 cm³/mol. The van der Waals surface area contributed by atoms with E-state index in [1.165, 1.54) is 6.20 Å². The first-order valence-corrected chi connectivity index (χ1v) is 5.05. The van der Waals surface area contributed by atoms with Crippen molar-refractivity contribution in [2.75, 3.05) is 0 Å². The average molecular weight is 258 g/mol. The van der Waals surface area contributed by atoms with Crippen LogP contribution >= 0.6 is 15.9 Å². The summed E-state index contributed by atoms with van der Waals surface area (Å²) < 4.78 is 0.361. The molecule has 2 rings (SSSR count). The molecular weight excluding hydrogens is 250 g/mol. The highest BCUT2D eigenvalue weighted by Gasteiger charge is 2.28. The van der Waals surface area contributed by atoms with Gasteiger partial charge in [-0.25, -0.2) is 4.79 Å². The molecular formula is C9H8BrNO3. The second kappa shape index (κ2) is 3.24. The maximum atomic E-state index is 11.5. The molecule has 1 saturated carbocycles. The standard InChI is InChI=1S/C9H8BrNO3/c10-6-7(4-1-2-4)11-3-5(8(6)12)9(13)14/h3-4H,1-2H2,(H,11,12)(H,13,14). The minimum Gasteiger partial charge on any atom is -0.477 e. The Morgan fingerprint density at radius 2 is 2.21 bits per heavy atom. The summed E-state index contributed by atoms with van der Waals surface area (Å²) in [7, 11) is 0. The normalized spacial score (nSPS) is 15.5. The zero-order valence-corrected chi connectivity index (χ0v) is 8.80. The maximum absolute atomic E-state index is 11.5. The molecule has 2 N–H and O–H groups in total. The second-order valence-electron chi connectivity index (χ2n) is 3.34. The van der Waals surface area contributed by atoms with Gasteiger partial charge in [-0.1, -0.05) is 0 Å². The van der Waals surface area contributed by atoms with Crippen LogP contribution in [0.15, 0.2) is 15.5 Å². The van der Waals surface area contributed by atoms with Crippen LogP contribution in [0.4, 0.5) is 0 Å². The Morgan fingerprint density at radius 3 is 2.71 bits per heavy atom. The van der Waals surface area contributed by atoms with Gasteiger partial charge in [0, 0.05) is 17.8 Å². The van der Waals surface area contributed by atoms with Gasteiger partial charge in [0.05, 0.1) is 4.47 Å². The lowest BCUT2D eigenvalue weighted by Crippen LogP contribution is -2.17. The number of aromatic carboxylic acids is 1. The lowest BCUT2D eigenvalue weighted by Gasteiger charge is -2.02. The number of hydrogen-bond donors (Lipinski definition) is 2. The number of H-pyrrole nitrogens is 1. The quantitative estimate of drug-likeness (QED) is 0.848. The number of rotatable bonds is 2. The van der Waals surface area contributed by atoms with Gasteiger partial charge in [-0.2, -0.15) is 0 Å². The van der Waals surface area contributed by atoms with Crippen molar-refractivity contribution in [2.45, 2.75) is 18.8 Å². The van der Waals surface area contributed by atoms with Gasteiger partial charge >= 0.3 is 5.97 Å². The van der Waals surface area contributed by atoms with Crippen LogP contribution in [0.1, 0.15) is 34.8 Å². The monoisotopic (exact) mass is 257 g/mol. The highest BCUT2D eigenvalue weighted by atomic mass is 79.9. The Bertz CT molecular complexity index is 448. The molecule has 0 atom stereocenters. The third kappa shape index (κ3) is 1.48. The molecule has 1 aromatic rings. The van der Waals surface area contributed by atoms with Crippen molar-refractivity contribution in [2.24, 2.45) is 0 Å². The molecule has 1 aliphatic rings. The van der Waals surface area contributed by atoms with Gasteiger partial charge in [-0.3, -0.25) is 4.79 Å². The van der Waals surface area contributed by atoms with E-state index in [4.69, 9.17) is 5.11 Å². The molecule has 5 heteroatoms. The molecule has 1 heterocycles. The van der Waals surface area contributed by atoms with Crippen LogP contribution in [-0.4, -0.2) is 16.1 Å². The summed E-state index contributed by atoms with van der Waals surface area (Å²) in [6.07, 6.45) is 3.38. The minimum absolute atomic E-state index is 0.221. The Balaban J connectivity index is 2.56. The number of carboxylic acid groups (broad SMARTS) is 1. The molecule has 0 aliphatic heterocycles. The van der Waals surface area contributed by atoms with Crippen molar-refractivity contribution >= 4 is 21.9 Å². The minimum atomic E-state index is -1.20. The number of pyridine rings is 1. The van der Waals surface area contributed by atoms with Crippen LogP contribution in [-0.2, 0) is 0 Å². The fourth-order valence-corrected chi connectivity index (χ4v) is 2.00. The number of carboxylic acids is 1. The maximum Gasteiger partial charge on any atom is 0.341 e. The number of halogens is 1. The van der Waals surface area contributed by atoms with E-state index in [2.05, 4.69) is 20.9 Å². The molecule has 1 aromatic heterocycles. The van der Waals surface area contributed by atoms with E-state index in [1.807, 2.05) is 0 Å². The van der Waals surface area contributed by atoms with Crippen LogP contribution in [0.5, 0.6) is 0 Å². The summed E-state index contributed by atoms with van der Waals surface area (Å²) in [5.74, 6) is -0.811. The van der Waals surface area contributed by atoms with Gasteiger partial charge < -0.3 is 10.1 Å². The van der Waals surface area contributed by atoms with E-state index in [0.717, 1.165) is 18.5 Å². The Labute approximate surface area is 88.1 Å². The zero-order chi connectivity index (χ0) is 10.3. The number of hydrogen-bond acceptors (Lipinski definition) is 2. The number of carbonyl (C=O) groups is 1. The molecule has 74 valence electrons. The van der Waals surface area contributed by atoms with Gasteiger partial charge in [0.2, 0.25) is 5.43 Å². The molecule has 4 nitrogen and oxygen atoms in total. The summed E-state index contributed by atoms with van der Waals surface area (Å²) in [4.78, 5) is 25.0. The van der Waals surface area contributed by atoms with Crippen LogP contribution in [0.2, 0.25) is 0 Å². The molecule has 14 heavy (non-hydrogen) atoms. The van der Waals surface area contributed by atoms with Crippen LogP contribution in [0.25, 0.3) is 0 Å². The Kier molecular flexibility index (Phi) is 2.19. The van der Waals surface area contributed by atoms with Gasteiger partial charge in [0.1, 0.15) is 5.56 Å². The van der Waals surface area contributed by atoms with Crippen molar-refractivity contribution in [3.8, 4) is 0 Å². The molecule has 1 fully saturated rings. The molecule has 1 aliphatic carbocycles. The SMILES string of the molecule is O=C(O)c1c[nH]c(C2CC2)c(Br)c1=O. The summed E-state index contributed by atoms with van der Waals surface area (Å²) in [5.41, 5.74) is 0.152. The summed E-state index contributed by atoms with van der Waals surface area (Å²) in [6.45, 7) is 0. The van der Waals surface area contributed by atoms with Gasteiger partial charge in [0.25, 0.3) is 0 Å². The Morgan fingerprint density at radius 1 is 1.57 bits per heavy atom. The first-order chi connectivity index (χ1) is 6.61. The van der Waals surface area contributed by atoms with E-state index in [0.29, 0.717) is 10.4 Å². The van der Waals surface area contributed by atoms with E-state index >= 15 is 0 Å². The van der Waals surface area contributed by atoms with E-state index in [9.17, 15) is 9.59 Å². The number of nitrogens with one attached hydrogen (secondary N) is 1. The van der Waals surface area contributed by atoms with Gasteiger partial charge in [-0.15, -0.1) is 0 Å². The highest BCUT2D eigenvalue weighted by Crippen LogP contribution is 2.41. The van der Waals surface area contributed by atoms with Crippen LogP contribution < -0.4 is 5.43 Å².